The Hall–Kier alpha value is -0.160. The van der Waals surface area contributed by atoms with Gasteiger partial charge in [0.1, 0.15) is 0 Å². The monoisotopic (exact) mass is 270 g/mol. The molecule has 0 aromatic heterocycles. The maximum atomic E-state index is 5.77. The molecule has 2 nitrogen and oxygen atoms in total. The van der Waals surface area contributed by atoms with Crippen LogP contribution in [0, 0.1) is 0 Å². The molecule has 0 spiro atoms. The lowest BCUT2D eigenvalue weighted by Crippen LogP contribution is -2.23. The Morgan fingerprint density at radius 3 is 2.18 bits per heavy atom. The molecule has 0 heterocycles. The minimum Gasteiger partial charge on any atom is -0.328 e. The summed E-state index contributed by atoms with van der Waals surface area (Å²) >= 11 is 8.53. The molecule has 96 valence electrons. The van der Waals surface area contributed by atoms with Crippen molar-refractivity contribution in [2.75, 3.05) is 13.6 Å². The van der Waals surface area contributed by atoms with Gasteiger partial charge in [-0.05, 0) is 31.5 Å². The van der Waals surface area contributed by atoms with Crippen LogP contribution < -0.4 is 5.73 Å². The van der Waals surface area contributed by atoms with Crippen molar-refractivity contribution in [2.24, 2.45) is 5.73 Å². The SMILES string of the molecule is C[C@@H](N)Cc1ccc(CN(C)CC(S)S)cc1. The van der Waals surface area contributed by atoms with E-state index in [0.717, 1.165) is 19.5 Å². The molecule has 0 radical (unpaired) electrons. The average Bonchev–Trinajstić information content (AvgIpc) is 2.18. The second kappa shape index (κ2) is 7.31. The molecule has 1 aromatic rings. The van der Waals surface area contributed by atoms with Gasteiger partial charge in [-0.3, -0.25) is 0 Å². The number of hydrogen-bond acceptors (Lipinski definition) is 4. The van der Waals surface area contributed by atoms with E-state index in [1.54, 1.807) is 0 Å². The first-order valence-electron chi connectivity index (χ1n) is 5.85. The molecule has 0 aliphatic carbocycles. The summed E-state index contributed by atoms with van der Waals surface area (Å²) in [5.74, 6) is 0. The van der Waals surface area contributed by atoms with E-state index in [9.17, 15) is 0 Å². The highest BCUT2D eigenvalue weighted by molar-refractivity contribution is 7.99. The van der Waals surface area contributed by atoms with Crippen molar-refractivity contribution in [3.63, 3.8) is 0 Å². The van der Waals surface area contributed by atoms with Gasteiger partial charge in [-0.1, -0.05) is 24.3 Å². The van der Waals surface area contributed by atoms with Crippen molar-refractivity contribution >= 4 is 25.3 Å². The zero-order valence-electron chi connectivity index (χ0n) is 10.5. The zero-order valence-corrected chi connectivity index (χ0v) is 12.3. The molecule has 4 heteroatoms. The zero-order chi connectivity index (χ0) is 12.8. The first kappa shape index (κ1) is 14.9. The summed E-state index contributed by atoms with van der Waals surface area (Å²) in [6.07, 6.45) is 0.936. The normalized spacial score (nSPS) is 13.4. The Morgan fingerprint density at radius 1 is 1.18 bits per heavy atom. The number of benzene rings is 1. The molecular formula is C13H22N2S2. The number of thiol groups is 2. The summed E-state index contributed by atoms with van der Waals surface area (Å²) in [6.45, 7) is 3.82. The van der Waals surface area contributed by atoms with Gasteiger partial charge < -0.3 is 10.6 Å². The van der Waals surface area contributed by atoms with Gasteiger partial charge in [-0.2, -0.15) is 25.3 Å². The predicted molar refractivity (Wildman–Crippen MR) is 81.9 cm³/mol. The number of hydrogen-bond donors (Lipinski definition) is 3. The summed E-state index contributed by atoms with van der Waals surface area (Å²) in [5.41, 5.74) is 8.38. The number of nitrogens with zero attached hydrogens (tertiary/aromatic N) is 1. The van der Waals surface area contributed by atoms with Crippen LogP contribution >= 0.6 is 25.3 Å². The van der Waals surface area contributed by atoms with Gasteiger partial charge in [0.2, 0.25) is 0 Å². The van der Waals surface area contributed by atoms with Crippen LogP contribution in [0.3, 0.4) is 0 Å². The van der Waals surface area contributed by atoms with Crippen LogP contribution in [0.2, 0.25) is 0 Å². The standard InChI is InChI=1S/C13H22N2S2/c1-10(14)7-11-3-5-12(6-4-11)8-15(2)9-13(16)17/h3-6,10,13,16-17H,7-9,14H2,1-2H3/t10-/m1/s1. The molecule has 0 saturated heterocycles. The fourth-order valence-corrected chi connectivity index (χ4v) is 2.37. The van der Waals surface area contributed by atoms with E-state index in [0.29, 0.717) is 0 Å². The topological polar surface area (TPSA) is 29.3 Å². The third-order valence-electron chi connectivity index (χ3n) is 2.51. The van der Waals surface area contributed by atoms with Crippen molar-refractivity contribution in [3.8, 4) is 0 Å². The Labute approximate surface area is 115 Å². The van der Waals surface area contributed by atoms with Gasteiger partial charge in [-0.25, -0.2) is 0 Å². The molecule has 1 rings (SSSR count). The average molecular weight is 270 g/mol. The molecule has 17 heavy (non-hydrogen) atoms. The van der Waals surface area contributed by atoms with Crippen LogP contribution in [0.4, 0.5) is 0 Å². The summed E-state index contributed by atoms with van der Waals surface area (Å²) < 4.78 is 0.109. The van der Waals surface area contributed by atoms with E-state index in [4.69, 9.17) is 5.73 Å². The largest absolute Gasteiger partial charge is 0.328 e. The van der Waals surface area contributed by atoms with E-state index in [1.165, 1.54) is 11.1 Å². The van der Waals surface area contributed by atoms with Crippen molar-refractivity contribution in [2.45, 2.75) is 30.5 Å². The first-order valence-corrected chi connectivity index (χ1v) is 6.88. The second-order valence-corrected chi connectivity index (χ2v) is 6.33. The van der Waals surface area contributed by atoms with Crippen LogP contribution in [-0.2, 0) is 13.0 Å². The molecule has 0 saturated carbocycles. The molecule has 0 fully saturated rings. The van der Waals surface area contributed by atoms with Gasteiger partial charge in [0, 0.05) is 19.1 Å². The molecule has 1 atom stereocenters. The van der Waals surface area contributed by atoms with Crippen molar-refractivity contribution < 1.29 is 0 Å². The van der Waals surface area contributed by atoms with Crippen molar-refractivity contribution in [3.05, 3.63) is 35.4 Å². The number of nitrogens with two attached hydrogens (primary N) is 1. The highest BCUT2D eigenvalue weighted by Crippen LogP contribution is 2.10. The predicted octanol–water partition coefficient (Wildman–Crippen LogP) is 2.19. The van der Waals surface area contributed by atoms with Gasteiger partial charge >= 0.3 is 0 Å². The fraction of sp³-hybridized carbons (Fsp3) is 0.538. The minimum atomic E-state index is 0.109. The van der Waals surface area contributed by atoms with Crippen molar-refractivity contribution in [1.82, 2.24) is 4.90 Å². The maximum absolute atomic E-state index is 5.77. The fourth-order valence-electron chi connectivity index (χ4n) is 1.81. The van der Waals surface area contributed by atoms with Gasteiger partial charge in [0.15, 0.2) is 0 Å². The van der Waals surface area contributed by atoms with E-state index in [1.807, 2.05) is 6.92 Å². The molecule has 0 unspecified atom stereocenters. The van der Waals surface area contributed by atoms with Crippen LogP contribution in [-0.4, -0.2) is 29.1 Å². The highest BCUT2D eigenvalue weighted by atomic mass is 32.2. The molecule has 1 aromatic carbocycles. The number of rotatable bonds is 6. The van der Waals surface area contributed by atoms with E-state index >= 15 is 0 Å². The Bertz CT molecular complexity index is 323. The van der Waals surface area contributed by atoms with E-state index < -0.39 is 0 Å². The third-order valence-corrected chi connectivity index (χ3v) is 2.83. The molecule has 2 N–H and O–H groups in total. The molecule has 0 bridgehead atoms. The second-order valence-electron chi connectivity index (χ2n) is 4.68. The molecule has 0 aliphatic heterocycles. The quantitative estimate of drug-likeness (QED) is 0.546. The first-order chi connectivity index (χ1) is 7.97. The lowest BCUT2D eigenvalue weighted by atomic mass is 10.1. The van der Waals surface area contributed by atoms with Crippen LogP contribution in [0.5, 0.6) is 0 Å². The van der Waals surface area contributed by atoms with Crippen LogP contribution in [0.15, 0.2) is 24.3 Å². The maximum Gasteiger partial charge on any atom is 0.0569 e. The van der Waals surface area contributed by atoms with Crippen LogP contribution in [0.1, 0.15) is 18.1 Å². The third kappa shape index (κ3) is 6.36. The highest BCUT2D eigenvalue weighted by Gasteiger charge is 2.04. The van der Waals surface area contributed by atoms with Gasteiger partial charge in [0.25, 0.3) is 0 Å². The molecule has 0 aliphatic rings. The summed E-state index contributed by atoms with van der Waals surface area (Å²) in [6, 6.07) is 8.87. The Balaban J connectivity index is 2.50. The van der Waals surface area contributed by atoms with Crippen LogP contribution in [0.25, 0.3) is 0 Å². The minimum absolute atomic E-state index is 0.109. The molecule has 0 amide bonds. The Morgan fingerprint density at radius 2 is 1.71 bits per heavy atom. The molecular weight excluding hydrogens is 248 g/mol. The Kier molecular flexibility index (Phi) is 6.41. The van der Waals surface area contributed by atoms with Crippen molar-refractivity contribution in [1.29, 1.82) is 0 Å². The lowest BCUT2D eigenvalue weighted by molar-refractivity contribution is 0.344. The van der Waals surface area contributed by atoms with Gasteiger partial charge in [0.05, 0.1) is 4.58 Å². The smallest absolute Gasteiger partial charge is 0.0569 e. The summed E-state index contributed by atoms with van der Waals surface area (Å²) in [7, 11) is 2.08. The lowest BCUT2D eigenvalue weighted by Gasteiger charge is -2.18. The van der Waals surface area contributed by atoms with E-state index in [2.05, 4.69) is 61.5 Å². The van der Waals surface area contributed by atoms with E-state index in [-0.39, 0.29) is 10.6 Å². The summed E-state index contributed by atoms with van der Waals surface area (Å²) in [4.78, 5) is 2.21. The van der Waals surface area contributed by atoms with Gasteiger partial charge in [-0.15, -0.1) is 0 Å². The summed E-state index contributed by atoms with van der Waals surface area (Å²) in [5, 5.41) is 0.